The molecule has 31 heavy (non-hydrogen) atoms. The fourth-order valence-corrected chi connectivity index (χ4v) is 4.70. The molecule has 8 nitrogen and oxygen atoms in total. The van der Waals surface area contributed by atoms with Gasteiger partial charge in [0, 0.05) is 13.1 Å². The SMILES string of the molecule is C=CCn1c(CN(Cc2ccco2)C(=O)NCC)cnc1S(=O)(=O)Cc1ccccc1. The summed E-state index contributed by atoms with van der Waals surface area (Å²) in [5.74, 6) is 0.464. The van der Waals surface area contributed by atoms with Gasteiger partial charge in [-0.05, 0) is 24.6 Å². The Morgan fingerprint density at radius 2 is 2.00 bits per heavy atom. The summed E-state index contributed by atoms with van der Waals surface area (Å²) in [7, 11) is -3.70. The summed E-state index contributed by atoms with van der Waals surface area (Å²) in [5, 5.41) is 2.74. The van der Waals surface area contributed by atoms with E-state index in [-0.39, 0.29) is 36.6 Å². The number of benzene rings is 1. The van der Waals surface area contributed by atoms with E-state index < -0.39 is 9.84 Å². The van der Waals surface area contributed by atoms with Gasteiger partial charge in [-0.2, -0.15) is 0 Å². The first-order valence-corrected chi connectivity index (χ1v) is 11.6. The van der Waals surface area contributed by atoms with Crippen molar-refractivity contribution in [2.75, 3.05) is 6.54 Å². The van der Waals surface area contributed by atoms with Gasteiger partial charge in [-0.15, -0.1) is 6.58 Å². The number of nitrogens with one attached hydrogen (secondary N) is 1. The van der Waals surface area contributed by atoms with Crippen molar-refractivity contribution in [2.45, 2.75) is 37.5 Å². The van der Waals surface area contributed by atoms with Crippen LogP contribution >= 0.6 is 0 Å². The van der Waals surface area contributed by atoms with Crippen LogP contribution in [0.3, 0.4) is 0 Å². The standard InChI is InChI=1S/C22H26N4O4S/c1-3-12-26-19(15-25(21(27)23-4-2)16-20-11-8-13-30-20)14-24-22(26)31(28,29)17-18-9-6-5-7-10-18/h3,5-11,13-14H,1,4,12,15-17H2,2H3,(H,23,27). The van der Waals surface area contributed by atoms with E-state index in [1.807, 2.05) is 13.0 Å². The molecule has 0 bridgehead atoms. The van der Waals surface area contributed by atoms with Crippen molar-refractivity contribution in [1.29, 1.82) is 0 Å². The maximum Gasteiger partial charge on any atom is 0.318 e. The Morgan fingerprint density at radius 1 is 1.23 bits per heavy atom. The molecule has 0 fully saturated rings. The van der Waals surface area contributed by atoms with E-state index in [4.69, 9.17) is 4.42 Å². The van der Waals surface area contributed by atoms with Gasteiger partial charge < -0.3 is 19.2 Å². The summed E-state index contributed by atoms with van der Waals surface area (Å²) >= 11 is 0. The molecule has 0 saturated heterocycles. The fourth-order valence-electron chi connectivity index (χ4n) is 3.20. The van der Waals surface area contributed by atoms with Gasteiger partial charge in [0.25, 0.3) is 0 Å². The lowest BCUT2D eigenvalue weighted by atomic mass is 10.2. The first-order chi connectivity index (χ1) is 14.9. The van der Waals surface area contributed by atoms with Gasteiger partial charge in [-0.25, -0.2) is 18.2 Å². The minimum atomic E-state index is -3.70. The lowest BCUT2D eigenvalue weighted by molar-refractivity contribution is 0.186. The third-order valence-corrected chi connectivity index (χ3v) is 6.18. The van der Waals surface area contributed by atoms with Gasteiger partial charge in [0.15, 0.2) is 0 Å². The molecule has 0 atom stereocenters. The zero-order valence-electron chi connectivity index (χ0n) is 17.4. The molecule has 0 unspecified atom stereocenters. The molecular formula is C22H26N4O4S. The highest BCUT2D eigenvalue weighted by atomic mass is 32.2. The molecule has 2 amide bonds. The first kappa shape index (κ1) is 22.4. The van der Waals surface area contributed by atoms with E-state index in [0.29, 0.717) is 23.6 Å². The lowest BCUT2D eigenvalue weighted by Gasteiger charge is -2.22. The highest BCUT2D eigenvalue weighted by Gasteiger charge is 2.25. The Labute approximate surface area is 182 Å². The Hall–Kier alpha value is -3.33. The Bertz CT molecular complexity index is 1110. The van der Waals surface area contributed by atoms with Gasteiger partial charge in [0.1, 0.15) is 5.76 Å². The number of nitrogens with zero attached hydrogens (tertiary/aromatic N) is 3. The van der Waals surface area contributed by atoms with E-state index in [9.17, 15) is 13.2 Å². The van der Waals surface area contributed by atoms with Crippen molar-refractivity contribution in [1.82, 2.24) is 19.8 Å². The number of sulfone groups is 1. The summed E-state index contributed by atoms with van der Waals surface area (Å²) < 4.78 is 33.1. The van der Waals surface area contributed by atoms with E-state index in [0.717, 1.165) is 0 Å². The van der Waals surface area contributed by atoms with Gasteiger partial charge in [0.05, 0.1) is 37.0 Å². The maximum atomic E-state index is 13.1. The van der Waals surface area contributed by atoms with Crippen LogP contribution in [-0.2, 0) is 35.2 Å². The molecule has 2 aromatic heterocycles. The fraction of sp³-hybridized carbons (Fsp3) is 0.273. The van der Waals surface area contributed by atoms with Crippen molar-refractivity contribution < 1.29 is 17.6 Å². The summed E-state index contributed by atoms with van der Waals surface area (Å²) in [6.07, 6.45) is 4.65. The topological polar surface area (TPSA) is 97.4 Å². The molecule has 164 valence electrons. The van der Waals surface area contributed by atoms with E-state index in [2.05, 4.69) is 16.9 Å². The average Bonchev–Trinajstić information content (AvgIpc) is 3.39. The average molecular weight is 443 g/mol. The van der Waals surface area contributed by atoms with Crippen molar-refractivity contribution in [3.8, 4) is 0 Å². The second kappa shape index (κ2) is 10.1. The molecule has 0 aliphatic heterocycles. The maximum absolute atomic E-state index is 13.1. The molecule has 3 aromatic rings. The summed E-state index contributed by atoms with van der Waals surface area (Å²) in [6, 6.07) is 12.2. The number of allylic oxidation sites excluding steroid dienone is 1. The molecule has 0 radical (unpaired) electrons. The number of furan rings is 1. The molecule has 0 aliphatic carbocycles. The number of urea groups is 1. The molecule has 2 heterocycles. The van der Waals surface area contributed by atoms with E-state index >= 15 is 0 Å². The zero-order valence-corrected chi connectivity index (χ0v) is 18.2. The van der Waals surface area contributed by atoms with Crippen LogP contribution in [0.15, 0.2) is 77.2 Å². The van der Waals surface area contributed by atoms with Crippen molar-refractivity contribution in [3.63, 3.8) is 0 Å². The number of carbonyl (C=O) groups excluding carboxylic acids is 1. The number of imidazole rings is 1. The van der Waals surface area contributed by atoms with Crippen LogP contribution in [0.4, 0.5) is 4.79 Å². The number of aromatic nitrogens is 2. The van der Waals surface area contributed by atoms with Crippen molar-refractivity contribution >= 4 is 15.9 Å². The number of amides is 2. The third kappa shape index (κ3) is 5.64. The smallest absolute Gasteiger partial charge is 0.318 e. The predicted octanol–water partition coefficient (Wildman–Crippen LogP) is 3.37. The Morgan fingerprint density at radius 3 is 2.65 bits per heavy atom. The minimum Gasteiger partial charge on any atom is -0.467 e. The quantitative estimate of drug-likeness (QED) is 0.486. The van der Waals surface area contributed by atoms with Gasteiger partial charge in [-0.1, -0.05) is 36.4 Å². The summed E-state index contributed by atoms with van der Waals surface area (Å²) in [6.45, 7) is 6.69. The molecule has 0 aliphatic rings. The minimum absolute atomic E-state index is 0.0416. The molecule has 3 rings (SSSR count). The van der Waals surface area contributed by atoms with Gasteiger partial charge >= 0.3 is 6.03 Å². The van der Waals surface area contributed by atoms with Crippen LogP contribution in [0.5, 0.6) is 0 Å². The highest BCUT2D eigenvalue weighted by Crippen LogP contribution is 2.20. The van der Waals surface area contributed by atoms with Crippen LogP contribution in [-0.4, -0.2) is 35.4 Å². The molecule has 0 saturated carbocycles. The second-order valence-corrected chi connectivity index (χ2v) is 8.83. The van der Waals surface area contributed by atoms with Crippen LogP contribution in [0, 0.1) is 0 Å². The van der Waals surface area contributed by atoms with E-state index in [1.165, 1.54) is 6.20 Å². The Balaban J connectivity index is 1.90. The van der Waals surface area contributed by atoms with Crippen molar-refractivity contribution in [2.24, 2.45) is 0 Å². The highest BCUT2D eigenvalue weighted by molar-refractivity contribution is 7.90. The normalized spacial score (nSPS) is 11.3. The van der Waals surface area contributed by atoms with Crippen LogP contribution in [0.25, 0.3) is 0 Å². The lowest BCUT2D eigenvalue weighted by Crippen LogP contribution is -2.39. The molecule has 0 spiro atoms. The number of hydrogen-bond donors (Lipinski definition) is 1. The van der Waals surface area contributed by atoms with Crippen LogP contribution in [0.1, 0.15) is 23.9 Å². The summed E-state index contributed by atoms with van der Waals surface area (Å²) in [5.41, 5.74) is 1.27. The van der Waals surface area contributed by atoms with Gasteiger partial charge in [-0.3, -0.25) is 0 Å². The number of carbonyl (C=O) groups is 1. The molecule has 1 aromatic carbocycles. The van der Waals surface area contributed by atoms with E-state index in [1.54, 1.807) is 58.2 Å². The molecule has 1 N–H and O–H groups in total. The summed E-state index contributed by atoms with van der Waals surface area (Å²) in [4.78, 5) is 18.3. The van der Waals surface area contributed by atoms with Crippen molar-refractivity contribution in [3.05, 3.63) is 84.6 Å². The first-order valence-electron chi connectivity index (χ1n) is 9.91. The van der Waals surface area contributed by atoms with Crippen LogP contribution < -0.4 is 5.32 Å². The zero-order chi connectivity index (χ0) is 22.3. The third-order valence-electron chi connectivity index (χ3n) is 4.59. The molecule has 9 heteroatoms. The predicted molar refractivity (Wildman–Crippen MR) is 117 cm³/mol. The van der Waals surface area contributed by atoms with Crippen LogP contribution in [0.2, 0.25) is 0 Å². The monoisotopic (exact) mass is 442 g/mol. The number of rotatable bonds is 10. The Kier molecular flexibility index (Phi) is 7.30. The second-order valence-electron chi connectivity index (χ2n) is 6.95. The molecular weight excluding hydrogens is 416 g/mol. The largest absolute Gasteiger partial charge is 0.467 e. The van der Waals surface area contributed by atoms with Gasteiger partial charge in [0.2, 0.25) is 15.0 Å². The number of hydrogen-bond acceptors (Lipinski definition) is 5.